The molecule has 3 heterocycles. The Morgan fingerprint density at radius 2 is 1.74 bits per heavy atom. The van der Waals surface area contributed by atoms with Crippen molar-refractivity contribution in [2.75, 3.05) is 32.7 Å². The Labute approximate surface area is 166 Å². The molecule has 27 heavy (non-hydrogen) atoms. The van der Waals surface area contributed by atoms with E-state index in [0.29, 0.717) is 29.6 Å². The normalized spacial score (nSPS) is 36.2. The minimum Gasteiger partial charge on any atom is -0.342 e. The molecule has 1 saturated carbocycles. The van der Waals surface area contributed by atoms with Crippen molar-refractivity contribution in [3.63, 3.8) is 0 Å². The van der Waals surface area contributed by atoms with Crippen LogP contribution in [0.1, 0.15) is 24.1 Å². The maximum absolute atomic E-state index is 13.0. The molecular weight excluding hydrogens is 362 g/mol. The highest BCUT2D eigenvalue weighted by atomic mass is 35.5. The van der Waals surface area contributed by atoms with E-state index >= 15 is 0 Å². The minimum atomic E-state index is 0. The molecule has 2 amide bonds. The molecule has 0 radical (unpaired) electrons. The summed E-state index contributed by atoms with van der Waals surface area (Å²) in [5, 5.41) is 3.38. The number of nitrogens with one attached hydrogen (secondary N) is 1. The van der Waals surface area contributed by atoms with Crippen molar-refractivity contribution in [2.45, 2.75) is 19.9 Å². The van der Waals surface area contributed by atoms with Crippen LogP contribution < -0.4 is 5.32 Å². The third-order valence-electron chi connectivity index (χ3n) is 7.26. The summed E-state index contributed by atoms with van der Waals surface area (Å²) < 4.78 is 0. The summed E-state index contributed by atoms with van der Waals surface area (Å²) in [6.45, 7) is 8.21. The summed E-state index contributed by atoms with van der Waals surface area (Å²) in [7, 11) is 0. The van der Waals surface area contributed by atoms with Crippen LogP contribution in [0.5, 0.6) is 0 Å². The maximum atomic E-state index is 13.0. The van der Waals surface area contributed by atoms with Gasteiger partial charge in [-0.2, -0.15) is 0 Å². The Morgan fingerprint density at radius 1 is 1.04 bits per heavy atom. The molecule has 3 saturated heterocycles. The Balaban J connectivity index is 0.00000180. The van der Waals surface area contributed by atoms with Gasteiger partial charge in [-0.05, 0) is 43.0 Å². The summed E-state index contributed by atoms with van der Waals surface area (Å²) in [5.41, 5.74) is 2.48. The van der Waals surface area contributed by atoms with E-state index in [1.165, 1.54) is 11.1 Å². The van der Waals surface area contributed by atoms with Crippen molar-refractivity contribution in [1.82, 2.24) is 15.1 Å². The molecule has 4 fully saturated rings. The largest absolute Gasteiger partial charge is 0.342 e. The molecule has 6 atom stereocenters. The number of fused-ring (bicyclic) bond motifs is 2. The number of nitrogens with zero attached hydrogens (tertiary/aromatic N) is 2. The third-order valence-corrected chi connectivity index (χ3v) is 7.26. The van der Waals surface area contributed by atoms with E-state index in [4.69, 9.17) is 0 Å². The van der Waals surface area contributed by atoms with E-state index in [1.807, 2.05) is 11.0 Å². The molecule has 0 aromatic heterocycles. The van der Waals surface area contributed by atoms with Gasteiger partial charge in [-0.3, -0.25) is 9.59 Å². The van der Waals surface area contributed by atoms with Gasteiger partial charge in [0, 0.05) is 44.3 Å². The van der Waals surface area contributed by atoms with Crippen LogP contribution in [0.3, 0.4) is 0 Å². The average molecular weight is 390 g/mol. The van der Waals surface area contributed by atoms with Crippen LogP contribution in [0.25, 0.3) is 0 Å². The van der Waals surface area contributed by atoms with Crippen molar-refractivity contribution in [3.8, 4) is 0 Å². The van der Waals surface area contributed by atoms with Gasteiger partial charge in [0.2, 0.25) is 11.8 Å². The molecule has 6 heteroatoms. The molecule has 1 aromatic carbocycles. The van der Waals surface area contributed by atoms with Crippen LogP contribution in [-0.4, -0.2) is 54.3 Å². The van der Waals surface area contributed by atoms with Crippen molar-refractivity contribution in [1.29, 1.82) is 0 Å². The molecule has 1 aromatic rings. The zero-order chi connectivity index (χ0) is 18.0. The summed E-state index contributed by atoms with van der Waals surface area (Å²) in [6, 6.07) is 8.49. The van der Waals surface area contributed by atoms with Crippen molar-refractivity contribution >= 4 is 24.2 Å². The van der Waals surface area contributed by atoms with Gasteiger partial charge in [-0.1, -0.05) is 24.3 Å². The smallest absolute Gasteiger partial charge is 0.226 e. The molecule has 1 aliphatic carbocycles. The SMILES string of the molecule is CC(=O)N1C[C@H]2CN(C(=O)C3[C@H]4CNC[C@@H]34)C[C@H]2[C@@H]1c1ccccc1C.Cl. The van der Waals surface area contributed by atoms with E-state index in [-0.39, 0.29) is 30.3 Å². The van der Waals surface area contributed by atoms with Gasteiger partial charge in [0.15, 0.2) is 0 Å². The van der Waals surface area contributed by atoms with Crippen molar-refractivity contribution < 1.29 is 9.59 Å². The van der Waals surface area contributed by atoms with Crippen molar-refractivity contribution in [2.24, 2.45) is 29.6 Å². The maximum Gasteiger partial charge on any atom is 0.226 e. The summed E-state index contributed by atoms with van der Waals surface area (Å²) >= 11 is 0. The van der Waals surface area contributed by atoms with Gasteiger partial charge >= 0.3 is 0 Å². The summed E-state index contributed by atoms with van der Waals surface area (Å²) in [4.78, 5) is 29.4. The number of carbonyl (C=O) groups is 2. The number of piperidine rings is 1. The second-order valence-corrected chi connectivity index (χ2v) is 8.65. The molecule has 146 valence electrons. The second kappa shape index (κ2) is 6.78. The molecule has 3 aliphatic heterocycles. The highest BCUT2D eigenvalue weighted by Gasteiger charge is 2.59. The fourth-order valence-electron chi connectivity index (χ4n) is 5.86. The standard InChI is InChI=1S/C21H27N3O2.ClH/c1-12-5-3-4-6-15(12)20-18-11-23(9-14(18)10-24(20)13(2)25)21(26)19-16-7-22-8-17(16)19;/h3-6,14,16-20,22H,7-11H2,1-2H3;1H/t14-,16-,17+,18-,19?,20+;/m1./s1. The van der Waals surface area contributed by atoms with E-state index in [2.05, 4.69) is 35.3 Å². The summed E-state index contributed by atoms with van der Waals surface area (Å²) in [6.07, 6.45) is 0. The Morgan fingerprint density at radius 3 is 2.41 bits per heavy atom. The predicted molar refractivity (Wildman–Crippen MR) is 105 cm³/mol. The van der Waals surface area contributed by atoms with Crippen LogP contribution in [-0.2, 0) is 9.59 Å². The second-order valence-electron chi connectivity index (χ2n) is 8.65. The lowest BCUT2D eigenvalue weighted by atomic mass is 9.87. The molecule has 0 bridgehead atoms. The van der Waals surface area contributed by atoms with Gasteiger partial charge in [0.1, 0.15) is 0 Å². The van der Waals surface area contributed by atoms with E-state index in [1.54, 1.807) is 6.92 Å². The number of benzene rings is 1. The number of aryl methyl sites for hydroxylation is 1. The van der Waals surface area contributed by atoms with E-state index in [9.17, 15) is 9.59 Å². The highest BCUT2D eigenvalue weighted by Crippen LogP contribution is 2.52. The lowest BCUT2D eigenvalue weighted by Gasteiger charge is -2.30. The Kier molecular flexibility index (Phi) is 4.71. The monoisotopic (exact) mass is 389 g/mol. The third kappa shape index (κ3) is 2.87. The van der Waals surface area contributed by atoms with Gasteiger partial charge in [-0.25, -0.2) is 0 Å². The first-order chi connectivity index (χ1) is 12.6. The van der Waals surface area contributed by atoms with Crippen LogP contribution in [0.4, 0.5) is 0 Å². The fraction of sp³-hybridized carbons (Fsp3) is 0.619. The topological polar surface area (TPSA) is 52.7 Å². The van der Waals surface area contributed by atoms with Crippen molar-refractivity contribution in [3.05, 3.63) is 35.4 Å². The van der Waals surface area contributed by atoms with E-state index in [0.717, 1.165) is 32.7 Å². The van der Waals surface area contributed by atoms with E-state index < -0.39 is 0 Å². The molecule has 1 N–H and O–H groups in total. The van der Waals surface area contributed by atoms with Crippen LogP contribution in [0.15, 0.2) is 24.3 Å². The number of likely N-dealkylation sites (tertiary alicyclic amines) is 2. The molecule has 4 aliphatic rings. The minimum absolute atomic E-state index is 0. The van der Waals surface area contributed by atoms with Gasteiger partial charge < -0.3 is 15.1 Å². The molecule has 5 rings (SSSR count). The lowest BCUT2D eigenvalue weighted by molar-refractivity contribution is -0.133. The Bertz CT molecular complexity index is 760. The van der Waals surface area contributed by atoms with Gasteiger partial charge in [0.25, 0.3) is 0 Å². The Hall–Kier alpha value is -1.59. The molecule has 1 unspecified atom stereocenters. The van der Waals surface area contributed by atoms with Crippen LogP contribution in [0.2, 0.25) is 0 Å². The van der Waals surface area contributed by atoms with Crippen LogP contribution in [0, 0.1) is 36.5 Å². The molecule has 0 spiro atoms. The van der Waals surface area contributed by atoms with Crippen LogP contribution >= 0.6 is 12.4 Å². The first kappa shape index (κ1) is 18.8. The predicted octanol–water partition coefficient (Wildman–Crippen LogP) is 1.86. The van der Waals surface area contributed by atoms with Gasteiger partial charge in [0.05, 0.1) is 6.04 Å². The number of amides is 2. The summed E-state index contributed by atoms with van der Waals surface area (Å²) in [5.74, 6) is 2.69. The highest BCUT2D eigenvalue weighted by molar-refractivity contribution is 5.85. The number of halogens is 1. The average Bonchev–Trinajstić information content (AvgIpc) is 3.01. The number of hydrogen-bond acceptors (Lipinski definition) is 3. The number of rotatable bonds is 2. The molecular formula is C21H28ClN3O2. The zero-order valence-corrected chi connectivity index (χ0v) is 16.7. The number of carbonyl (C=O) groups excluding carboxylic acids is 2. The quantitative estimate of drug-likeness (QED) is 0.840. The lowest BCUT2D eigenvalue weighted by Crippen LogP contribution is -2.38. The van der Waals surface area contributed by atoms with Gasteiger partial charge in [-0.15, -0.1) is 12.4 Å². The first-order valence-electron chi connectivity index (χ1n) is 9.88. The fourth-order valence-corrected chi connectivity index (χ4v) is 5.86. The molecule has 5 nitrogen and oxygen atoms in total. The number of hydrogen-bond donors (Lipinski definition) is 1. The first-order valence-corrected chi connectivity index (χ1v) is 9.88. The zero-order valence-electron chi connectivity index (χ0n) is 15.9.